The summed E-state index contributed by atoms with van der Waals surface area (Å²) in [4.78, 5) is 69.5. The second kappa shape index (κ2) is 38.5. The number of aryl methyl sites for hydroxylation is 3. The number of hydrogen-bond donors (Lipinski definition) is 5. The summed E-state index contributed by atoms with van der Waals surface area (Å²) >= 11 is 36.0. The zero-order valence-electron chi connectivity index (χ0n) is 47.5. The third kappa shape index (κ3) is 25.4. The normalized spacial score (nSPS) is 9.78. The minimum Gasteiger partial charge on any atom is -0.870 e. The number of nitrogen functional groups attached to an aromatic ring is 1. The van der Waals surface area contributed by atoms with Crippen molar-refractivity contribution in [1.82, 2.24) is 0 Å². The number of carboxylic acids is 2. The number of carbonyl (C=O) groups excluding carboxylic acids is 4. The van der Waals surface area contributed by atoms with Crippen LogP contribution in [0.2, 0.25) is 30.1 Å². The Morgan fingerprint density at radius 1 is 0.470 bits per heavy atom. The van der Waals surface area contributed by atoms with Crippen LogP contribution >= 0.6 is 69.6 Å². The van der Waals surface area contributed by atoms with Crippen LogP contribution < -0.4 is 79.0 Å². The summed E-state index contributed by atoms with van der Waals surface area (Å²) in [5.41, 5.74) is 11.1. The van der Waals surface area contributed by atoms with Crippen molar-refractivity contribution in [1.29, 1.82) is 0 Å². The first-order chi connectivity index (χ1) is 36.5. The third-order valence-corrected chi connectivity index (χ3v) is 12.5. The molecule has 0 saturated heterocycles. The Balaban J connectivity index is -0.00000105. The number of rotatable bonds is 14. The first kappa shape index (κ1) is 81.8. The zero-order chi connectivity index (χ0) is 58.9. The SMILES string of the molecule is CC(C)Oc1cc(C(=O)O)cc(Cl)c1Cl.COC(=O)c1ccc(N)cc1C.COC(=O)c1ccc(NC(=O)c2cc(Cl)c(Cl)c(OC(C)C)c2)cc1C.Cc1cc(NC(=O)c2cc(Cl)c(Cl)c(OC(C)C)c2)ccc1C(=O)O.O.[Li+].[Na+].[OH-].[OH-]. The molecule has 10 N–H and O–H groups in total. The van der Waals surface area contributed by atoms with E-state index in [9.17, 15) is 28.8 Å². The summed E-state index contributed by atoms with van der Waals surface area (Å²) in [6, 6.07) is 23.2. The first-order valence-electron chi connectivity index (χ1n) is 23.3. The largest absolute Gasteiger partial charge is 1.00 e. The van der Waals surface area contributed by atoms with Gasteiger partial charge in [0.1, 0.15) is 32.3 Å². The molecule has 0 spiro atoms. The number of ether oxygens (including phenoxy) is 5. The molecule has 83 heavy (non-hydrogen) atoms. The minimum absolute atomic E-state index is 0. The second-order valence-electron chi connectivity index (χ2n) is 17.4. The van der Waals surface area contributed by atoms with Gasteiger partial charge in [0.15, 0.2) is 0 Å². The summed E-state index contributed by atoms with van der Waals surface area (Å²) in [6.07, 6.45) is -0.337. The van der Waals surface area contributed by atoms with Crippen molar-refractivity contribution in [3.05, 3.63) is 171 Å². The molecule has 0 radical (unpaired) electrons. The number of benzene rings is 6. The quantitative estimate of drug-likeness (QED) is 0.0394. The summed E-state index contributed by atoms with van der Waals surface area (Å²) in [5, 5.41) is 24.7. The zero-order valence-corrected chi connectivity index (χ0v) is 54.1. The number of anilines is 3. The van der Waals surface area contributed by atoms with Crippen molar-refractivity contribution >= 4 is 122 Å². The molecule has 27 heteroatoms. The van der Waals surface area contributed by atoms with Crippen LogP contribution in [0, 0.1) is 20.8 Å². The maximum atomic E-state index is 12.5. The van der Waals surface area contributed by atoms with E-state index >= 15 is 0 Å². The summed E-state index contributed by atoms with van der Waals surface area (Å²) in [6.45, 7) is 16.2. The number of carboxylic acid groups (broad SMARTS) is 2. The van der Waals surface area contributed by atoms with Crippen LogP contribution in [0.25, 0.3) is 0 Å². The topological polar surface area (TPSA) is 331 Å². The third-order valence-electron chi connectivity index (χ3n) is 10.1. The fraction of sp³-hybridized carbons (Fsp3) is 0.250. The van der Waals surface area contributed by atoms with E-state index in [4.69, 9.17) is 104 Å². The van der Waals surface area contributed by atoms with Crippen molar-refractivity contribution in [2.75, 3.05) is 30.6 Å². The van der Waals surface area contributed by atoms with Gasteiger partial charge in [-0.3, -0.25) is 9.59 Å². The molecule has 0 saturated carbocycles. The number of halogens is 6. The molecule has 0 bridgehead atoms. The van der Waals surface area contributed by atoms with Crippen molar-refractivity contribution in [2.45, 2.75) is 80.6 Å². The minimum atomic E-state index is -1.07. The monoisotopic (exact) mass is 1270 g/mol. The van der Waals surface area contributed by atoms with Gasteiger partial charge in [0.25, 0.3) is 11.8 Å². The van der Waals surface area contributed by atoms with Crippen LogP contribution in [0.3, 0.4) is 0 Å². The van der Waals surface area contributed by atoms with Gasteiger partial charge in [-0.1, -0.05) is 69.6 Å². The van der Waals surface area contributed by atoms with E-state index in [-0.39, 0.29) is 148 Å². The van der Waals surface area contributed by atoms with Gasteiger partial charge in [0.2, 0.25) is 0 Å². The standard InChI is InChI=1S/C19H19Cl2NO4.C18H17Cl2NO4.C10H10Cl2O3.C9H11NO2.Li.Na.3H2O/c1-10(2)26-16-9-12(8-15(20)17(16)21)18(23)22-13-5-6-14(11(3)7-13)19(24)25-4;1-9(2)25-15-8-11(7-14(19)16(15)20)17(22)21-12-4-5-13(18(23)24)10(3)6-12;1-5(2)15-8-4-6(10(13)14)3-7(11)9(8)12;1-6-5-7(10)3-4-8(6)9(11)12-2;;;;;/h5-10H,1-4H3,(H,22,23);4-9H,1-3H3,(H,21,22)(H,23,24);3-5H,1-2H3,(H,13,14);3-5H,10H2,1-2H3;;;3*1H2/q;;;;2*+1;;;/p-2. The van der Waals surface area contributed by atoms with E-state index in [1.165, 1.54) is 56.7 Å². The number of carbonyl (C=O) groups is 6. The number of esters is 2. The van der Waals surface area contributed by atoms with Crippen molar-refractivity contribution in [3.63, 3.8) is 0 Å². The maximum Gasteiger partial charge on any atom is 1.00 e. The molecular weight excluding hydrogens is 1210 g/mol. The van der Waals surface area contributed by atoms with E-state index in [1.807, 2.05) is 48.5 Å². The van der Waals surface area contributed by atoms with Gasteiger partial charge in [-0.05, 0) is 170 Å². The smallest absolute Gasteiger partial charge is 0.870 e. The average molecular weight is 1270 g/mol. The average Bonchev–Trinajstić information content (AvgIpc) is 3.35. The van der Waals surface area contributed by atoms with Crippen molar-refractivity contribution in [3.8, 4) is 17.2 Å². The second-order valence-corrected chi connectivity index (χ2v) is 19.8. The van der Waals surface area contributed by atoms with E-state index in [0.717, 1.165) is 5.56 Å². The van der Waals surface area contributed by atoms with Crippen LogP contribution in [0.5, 0.6) is 17.2 Å². The Hall–Kier alpha value is -5.44. The molecule has 19 nitrogen and oxygen atoms in total. The Labute approximate surface area is 545 Å². The molecule has 0 aliphatic rings. The number of nitrogens with one attached hydrogen (secondary N) is 2. The predicted octanol–water partition coefficient (Wildman–Crippen LogP) is 7.84. The Kier molecular flexibility index (Phi) is 37.9. The summed E-state index contributed by atoms with van der Waals surface area (Å²) < 4.78 is 25.8. The Bertz CT molecular complexity index is 3210. The molecular formula is C56H61Cl6LiN3NaO16. The van der Waals surface area contributed by atoms with E-state index in [1.54, 1.807) is 62.4 Å². The predicted molar refractivity (Wildman–Crippen MR) is 315 cm³/mol. The van der Waals surface area contributed by atoms with Crippen LogP contribution in [0.1, 0.15) is 120 Å². The molecule has 0 heterocycles. The number of methoxy groups -OCH3 is 2. The van der Waals surface area contributed by atoms with Crippen molar-refractivity contribution < 1.29 is 128 Å². The number of hydrogen-bond acceptors (Lipinski definition) is 14. The number of amides is 2. The molecule has 0 aliphatic carbocycles. The van der Waals surface area contributed by atoms with Gasteiger partial charge in [0.05, 0.1) is 69.9 Å². The maximum absolute atomic E-state index is 12.5. The summed E-state index contributed by atoms with van der Waals surface area (Å²) in [7, 11) is 2.68. The van der Waals surface area contributed by atoms with Crippen LogP contribution in [-0.2, 0) is 9.47 Å². The van der Waals surface area contributed by atoms with Gasteiger partial charge in [-0.25, -0.2) is 19.2 Å². The first-order valence-corrected chi connectivity index (χ1v) is 25.5. The van der Waals surface area contributed by atoms with E-state index < -0.39 is 23.8 Å². The molecule has 0 atom stereocenters. The van der Waals surface area contributed by atoms with Crippen LogP contribution in [0.4, 0.5) is 17.1 Å². The molecule has 0 aliphatic heterocycles. The van der Waals surface area contributed by atoms with Crippen LogP contribution in [-0.4, -0.2) is 94.9 Å². The molecule has 6 aromatic carbocycles. The van der Waals surface area contributed by atoms with E-state index in [0.29, 0.717) is 56.4 Å². The van der Waals surface area contributed by atoms with Gasteiger partial charge in [0, 0.05) is 28.2 Å². The Morgan fingerprint density at radius 3 is 1.06 bits per heavy atom. The fourth-order valence-electron chi connectivity index (χ4n) is 6.59. The molecule has 0 unspecified atom stereocenters. The van der Waals surface area contributed by atoms with E-state index in [2.05, 4.69) is 15.4 Å². The number of nitrogens with two attached hydrogens (primary N) is 1. The van der Waals surface area contributed by atoms with Gasteiger partial charge in [-0.2, -0.15) is 0 Å². The molecule has 6 aromatic rings. The molecule has 0 aromatic heterocycles. The van der Waals surface area contributed by atoms with Crippen LogP contribution in [0.15, 0.2) is 91.0 Å². The molecule has 2 amide bonds. The molecule has 6 rings (SSSR count). The summed E-state index contributed by atoms with van der Waals surface area (Å²) in [5.74, 6) is -2.66. The van der Waals surface area contributed by atoms with Gasteiger partial charge < -0.3 is 66.7 Å². The molecule has 0 fully saturated rings. The number of aromatic carboxylic acids is 2. The van der Waals surface area contributed by atoms with Crippen molar-refractivity contribution in [2.24, 2.45) is 0 Å². The van der Waals surface area contributed by atoms with Gasteiger partial charge >= 0.3 is 72.3 Å². The fourth-order valence-corrected chi connectivity index (χ4v) is 7.68. The molecule has 440 valence electrons. The Morgan fingerprint density at radius 2 is 0.771 bits per heavy atom. The van der Waals surface area contributed by atoms with Gasteiger partial charge in [-0.15, -0.1) is 0 Å².